The van der Waals surface area contributed by atoms with Crippen LogP contribution in [0.4, 0.5) is 4.79 Å². The van der Waals surface area contributed by atoms with Gasteiger partial charge in [0, 0.05) is 17.6 Å². The number of hydrogen-bond acceptors (Lipinski definition) is 7. The van der Waals surface area contributed by atoms with Crippen molar-refractivity contribution in [3.63, 3.8) is 0 Å². The molecule has 10 heteroatoms. The van der Waals surface area contributed by atoms with Crippen molar-refractivity contribution in [3.8, 4) is 22.5 Å². The molecule has 1 aliphatic rings. The van der Waals surface area contributed by atoms with Crippen LogP contribution in [0.25, 0.3) is 22.5 Å². The van der Waals surface area contributed by atoms with Crippen LogP contribution in [0.15, 0.2) is 140 Å². The Hall–Kier alpha value is -6.13. The minimum absolute atomic E-state index is 0.108. The number of nitrogens with two attached hydrogens (primary N) is 1. The van der Waals surface area contributed by atoms with Gasteiger partial charge < -0.3 is 21.1 Å². The van der Waals surface area contributed by atoms with Crippen LogP contribution in [0, 0.1) is 0 Å². The minimum Gasteiger partial charge on any atom is -0.464 e. The van der Waals surface area contributed by atoms with Crippen molar-refractivity contribution in [3.05, 3.63) is 162 Å². The Morgan fingerprint density at radius 2 is 1.31 bits per heavy atom. The maximum atomic E-state index is 13.0. The molecule has 2 unspecified atom stereocenters. The third-order valence-corrected chi connectivity index (χ3v) is 10.5. The van der Waals surface area contributed by atoms with E-state index in [1.807, 2.05) is 102 Å². The molecule has 6 aromatic rings. The zero-order valence-electron chi connectivity index (χ0n) is 31.1. The van der Waals surface area contributed by atoms with Crippen molar-refractivity contribution < 1.29 is 14.3 Å². The number of aromatic nitrogens is 4. The number of ether oxygens (including phenoxy) is 1. The number of benzene rings is 5. The van der Waals surface area contributed by atoms with Gasteiger partial charge in [-0.25, -0.2) is 14.3 Å². The summed E-state index contributed by atoms with van der Waals surface area (Å²) in [5.41, 5.74) is 12.4. The molecule has 4 N–H and O–H groups in total. The Kier molecular flexibility index (Phi) is 11.7. The highest BCUT2D eigenvalue weighted by Gasteiger charge is 2.42. The summed E-state index contributed by atoms with van der Waals surface area (Å²) in [6.45, 7) is 1.95. The van der Waals surface area contributed by atoms with Crippen LogP contribution in [0.3, 0.4) is 0 Å². The van der Waals surface area contributed by atoms with Crippen molar-refractivity contribution in [2.75, 3.05) is 6.61 Å². The fraction of sp³-hybridized carbons (Fsp3) is 0.267. The second kappa shape index (κ2) is 17.3. The van der Waals surface area contributed by atoms with Crippen molar-refractivity contribution in [2.45, 2.75) is 69.1 Å². The van der Waals surface area contributed by atoms with Crippen LogP contribution in [-0.2, 0) is 15.1 Å². The average Bonchev–Trinajstić information content (AvgIpc) is 3.73. The molecule has 1 aliphatic carbocycles. The average molecular weight is 734 g/mol. The molecule has 2 amide bonds. The first-order valence-electron chi connectivity index (χ1n) is 19.1. The molecule has 55 heavy (non-hydrogen) atoms. The van der Waals surface area contributed by atoms with Crippen LogP contribution < -0.4 is 16.4 Å². The smallest absolute Gasteiger partial charge is 0.328 e. The molecule has 0 spiro atoms. The van der Waals surface area contributed by atoms with Crippen molar-refractivity contribution in [1.82, 2.24) is 30.8 Å². The molecule has 0 aliphatic heterocycles. The Morgan fingerprint density at radius 1 is 0.764 bits per heavy atom. The van der Waals surface area contributed by atoms with Gasteiger partial charge in [0.2, 0.25) is 0 Å². The van der Waals surface area contributed by atoms with Gasteiger partial charge in [0.15, 0.2) is 5.82 Å². The van der Waals surface area contributed by atoms with E-state index in [0.717, 1.165) is 64.6 Å². The molecular weight excluding hydrogens is 687 g/mol. The lowest BCUT2D eigenvalue weighted by molar-refractivity contribution is -0.145. The van der Waals surface area contributed by atoms with Gasteiger partial charge in [-0.3, -0.25) is 0 Å². The standard InChI is InChI=1S/C45H47N7O3/c1-2-55-43(53)41(48-44(54)47-37-23-13-6-14-24-37)31-40(46)33-29-27-32(28-30-33)38-25-15-16-26-39(38)42-49-50-51-52(42)45(34-17-7-3-8-18-34,35-19-9-4-10-20-35)36-21-11-5-12-22-36/h3-5,7-12,15-22,25-30,37,40-41H,2,6,13-14,23-24,31,46H2,1H3,(H2,47,48,54). The second-order valence-corrected chi connectivity index (χ2v) is 14.0. The summed E-state index contributed by atoms with van der Waals surface area (Å²) in [5, 5.41) is 19.6. The highest BCUT2D eigenvalue weighted by atomic mass is 16.5. The predicted molar refractivity (Wildman–Crippen MR) is 214 cm³/mol. The molecule has 2 atom stereocenters. The van der Waals surface area contributed by atoms with Gasteiger partial charge >= 0.3 is 12.0 Å². The number of urea groups is 1. The lowest BCUT2D eigenvalue weighted by Crippen LogP contribution is -2.50. The van der Waals surface area contributed by atoms with Gasteiger partial charge in [0.1, 0.15) is 11.6 Å². The van der Waals surface area contributed by atoms with Crippen LogP contribution >= 0.6 is 0 Å². The molecule has 7 rings (SSSR count). The number of esters is 1. The number of tetrazole rings is 1. The Bertz CT molecular complexity index is 2060. The van der Waals surface area contributed by atoms with E-state index in [-0.39, 0.29) is 25.1 Å². The summed E-state index contributed by atoms with van der Waals surface area (Å²) in [6.07, 6.45) is 5.42. The highest BCUT2D eigenvalue weighted by molar-refractivity contribution is 5.84. The number of carbonyl (C=O) groups is 2. The summed E-state index contributed by atoms with van der Waals surface area (Å²) in [6, 6.07) is 45.3. The van der Waals surface area contributed by atoms with E-state index in [1.54, 1.807) is 6.92 Å². The van der Waals surface area contributed by atoms with Crippen molar-refractivity contribution >= 4 is 12.0 Å². The van der Waals surface area contributed by atoms with Crippen LogP contribution in [0.1, 0.15) is 73.7 Å². The predicted octanol–water partition coefficient (Wildman–Crippen LogP) is 7.80. The maximum absolute atomic E-state index is 13.0. The molecule has 1 heterocycles. The fourth-order valence-corrected chi connectivity index (χ4v) is 7.80. The fourth-order valence-electron chi connectivity index (χ4n) is 7.80. The van der Waals surface area contributed by atoms with Crippen molar-refractivity contribution in [2.24, 2.45) is 5.73 Å². The van der Waals surface area contributed by atoms with Gasteiger partial charge in [0.25, 0.3) is 0 Å². The monoisotopic (exact) mass is 733 g/mol. The molecule has 1 saturated carbocycles. The number of amides is 2. The summed E-state index contributed by atoms with van der Waals surface area (Å²) < 4.78 is 7.25. The van der Waals surface area contributed by atoms with Crippen LogP contribution in [-0.4, -0.2) is 50.9 Å². The molecule has 0 saturated heterocycles. The highest BCUT2D eigenvalue weighted by Crippen LogP contribution is 2.43. The molecule has 0 radical (unpaired) electrons. The zero-order chi connectivity index (χ0) is 38.0. The zero-order valence-corrected chi connectivity index (χ0v) is 31.1. The maximum Gasteiger partial charge on any atom is 0.328 e. The largest absolute Gasteiger partial charge is 0.464 e. The van der Waals surface area contributed by atoms with Crippen LogP contribution in [0.5, 0.6) is 0 Å². The number of nitrogens with one attached hydrogen (secondary N) is 2. The minimum atomic E-state index is -0.900. The normalized spacial score (nSPS) is 14.4. The van der Waals surface area contributed by atoms with E-state index in [9.17, 15) is 9.59 Å². The summed E-state index contributed by atoms with van der Waals surface area (Å²) in [4.78, 5) is 25.9. The number of carbonyl (C=O) groups excluding carboxylic acids is 2. The van der Waals surface area contributed by atoms with Gasteiger partial charge in [-0.05, 0) is 70.0 Å². The third kappa shape index (κ3) is 8.05. The second-order valence-electron chi connectivity index (χ2n) is 14.0. The van der Waals surface area contributed by atoms with E-state index in [4.69, 9.17) is 15.7 Å². The SMILES string of the molecule is CCOC(=O)C(CC(N)c1ccc(-c2ccccc2-c2nnnn2C(c2ccccc2)(c2ccccc2)c2ccccc2)cc1)NC(=O)NC1CCCCC1. The van der Waals surface area contributed by atoms with E-state index >= 15 is 0 Å². The summed E-state index contributed by atoms with van der Waals surface area (Å²) in [5.74, 6) is 0.0976. The van der Waals surface area contributed by atoms with Crippen molar-refractivity contribution in [1.29, 1.82) is 0 Å². The third-order valence-electron chi connectivity index (χ3n) is 10.5. The molecular formula is C45H47N7O3. The van der Waals surface area contributed by atoms with E-state index in [1.165, 1.54) is 6.42 Å². The summed E-state index contributed by atoms with van der Waals surface area (Å²) in [7, 11) is 0. The first-order chi connectivity index (χ1) is 27.0. The molecule has 1 fully saturated rings. The first kappa shape index (κ1) is 37.2. The Balaban J connectivity index is 1.21. The molecule has 1 aromatic heterocycles. The Morgan fingerprint density at radius 3 is 1.87 bits per heavy atom. The quantitative estimate of drug-likeness (QED) is 0.0814. The lowest BCUT2D eigenvalue weighted by atomic mass is 9.77. The first-order valence-corrected chi connectivity index (χ1v) is 19.1. The molecule has 280 valence electrons. The lowest BCUT2D eigenvalue weighted by Gasteiger charge is -2.36. The van der Waals surface area contributed by atoms with E-state index in [0.29, 0.717) is 5.82 Å². The number of nitrogens with zero attached hydrogens (tertiary/aromatic N) is 4. The topological polar surface area (TPSA) is 137 Å². The van der Waals surface area contributed by atoms with Gasteiger partial charge in [0.05, 0.1) is 6.61 Å². The van der Waals surface area contributed by atoms with E-state index in [2.05, 4.69) is 63.4 Å². The molecule has 10 nitrogen and oxygen atoms in total. The van der Waals surface area contributed by atoms with Gasteiger partial charge in [-0.1, -0.05) is 159 Å². The van der Waals surface area contributed by atoms with Crippen LogP contribution in [0.2, 0.25) is 0 Å². The number of rotatable bonds is 13. The number of hydrogen-bond donors (Lipinski definition) is 3. The van der Waals surface area contributed by atoms with Gasteiger partial charge in [-0.15, -0.1) is 5.10 Å². The van der Waals surface area contributed by atoms with Gasteiger partial charge in [-0.2, -0.15) is 0 Å². The summed E-state index contributed by atoms with van der Waals surface area (Å²) >= 11 is 0. The van der Waals surface area contributed by atoms with E-state index < -0.39 is 23.6 Å². The molecule has 0 bridgehead atoms. The molecule has 5 aromatic carbocycles. The Labute approximate surface area is 322 Å².